The van der Waals surface area contributed by atoms with Gasteiger partial charge in [-0.05, 0) is 38.7 Å². The molecule has 1 aromatic carbocycles. The Balaban J connectivity index is 1.87. The molecule has 0 spiro atoms. The fourth-order valence-corrected chi connectivity index (χ4v) is 2.39. The molecular weight excluding hydrogens is 214 g/mol. The van der Waals surface area contributed by atoms with Gasteiger partial charge in [-0.3, -0.25) is 0 Å². The molecule has 1 aliphatic rings. The first kappa shape index (κ1) is 12.4. The molecular formula is C14H21NO2. The van der Waals surface area contributed by atoms with Gasteiger partial charge in [0, 0.05) is 18.2 Å². The topological polar surface area (TPSA) is 52.5 Å². The van der Waals surface area contributed by atoms with Crippen LogP contribution < -0.4 is 5.32 Å². The molecule has 0 atom stereocenters. The minimum absolute atomic E-state index is 0.111. The molecule has 0 aliphatic heterocycles. The fraction of sp³-hybridized carbons (Fsp3) is 0.571. The Labute approximate surface area is 102 Å². The van der Waals surface area contributed by atoms with E-state index in [9.17, 15) is 10.2 Å². The summed E-state index contributed by atoms with van der Waals surface area (Å²) < 4.78 is 0. The Morgan fingerprint density at radius 2 is 1.94 bits per heavy atom. The highest BCUT2D eigenvalue weighted by atomic mass is 16.3. The maximum Gasteiger partial charge on any atom is 0.120 e. The largest absolute Gasteiger partial charge is 0.508 e. The highest BCUT2D eigenvalue weighted by molar-refractivity contribution is 5.35. The van der Waals surface area contributed by atoms with Gasteiger partial charge in [-0.2, -0.15) is 0 Å². The van der Waals surface area contributed by atoms with Crippen LogP contribution in [0.1, 0.15) is 36.8 Å². The van der Waals surface area contributed by atoms with E-state index in [2.05, 4.69) is 5.32 Å². The van der Waals surface area contributed by atoms with Crippen molar-refractivity contribution in [3.63, 3.8) is 0 Å². The zero-order valence-electron chi connectivity index (χ0n) is 10.3. The zero-order chi connectivity index (χ0) is 12.3. The van der Waals surface area contributed by atoms with Crippen LogP contribution in [0, 0.1) is 6.92 Å². The lowest BCUT2D eigenvalue weighted by atomic mass is 9.93. The van der Waals surface area contributed by atoms with Crippen molar-refractivity contribution < 1.29 is 10.2 Å². The summed E-state index contributed by atoms with van der Waals surface area (Å²) in [6, 6.07) is 6.14. The van der Waals surface area contributed by atoms with E-state index in [1.807, 2.05) is 19.1 Å². The van der Waals surface area contributed by atoms with Crippen LogP contribution in [-0.2, 0) is 6.54 Å². The molecule has 3 nitrogen and oxygen atoms in total. The molecule has 0 bridgehead atoms. The number of rotatable bonds is 3. The minimum atomic E-state index is -0.111. The number of aryl methyl sites for hydroxylation is 1. The number of nitrogens with one attached hydrogen (secondary N) is 1. The van der Waals surface area contributed by atoms with E-state index in [1.54, 1.807) is 6.07 Å². The van der Waals surface area contributed by atoms with Crippen LogP contribution in [0.2, 0.25) is 0 Å². The molecule has 0 saturated heterocycles. The van der Waals surface area contributed by atoms with Crippen molar-refractivity contribution in [3.8, 4) is 5.75 Å². The number of hydrogen-bond donors (Lipinski definition) is 3. The van der Waals surface area contributed by atoms with Crippen molar-refractivity contribution in [1.82, 2.24) is 5.32 Å². The summed E-state index contributed by atoms with van der Waals surface area (Å²) in [4.78, 5) is 0. The van der Waals surface area contributed by atoms with Crippen LogP contribution in [0.25, 0.3) is 0 Å². The Hall–Kier alpha value is -1.06. The Morgan fingerprint density at radius 3 is 2.65 bits per heavy atom. The van der Waals surface area contributed by atoms with E-state index in [1.165, 1.54) is 5.56 Å². The summed E-state index contributed by atoms with van der Waals surface area (Å²) in [7, 11) is 0. The van der Waals surface area contributed by atoms with Crippen molar-refractivity contribution in [2.45, 2.75) is 51.3 Å². The average molecular weight is 235 g/mol. The summed E-state index contributed by atoms with van der Waals surface area (Å²) in [5, 5.41) is 22.6. The SMILES string of the molecule is Cc1ccc(O)c(CNC2CCC(O)CC2)c1. The third-order valence-corrected chi connectivity index (χ3v) is 3.51. The first-order chi connectivity index (χ1) is 8.15. The van der Waals surface area contributed by atoms with Crippen LogP contribution >= 0.6 is 0 Å². The van der Waals surface area contributed by atoms with Crippen molar-refractivity contribution >= 4 is 0 Å². The lowest BCUT2D eigenvalue weighted by molar-refractivity contribution is 0.116. The van der Waals surface area contributed by atoms with E-state index in [-0.39, 0.29) is 6.10 Å². The summed E-state index contributed by atoms with van der Waals surface area (Å²) in [6.45, 7) is 2.73. The minimum Gasteiger partial charge on any atom is -0.508 e. The maximum atomic E-state index is 9.73. The number of phenols is 1. The molecule has 17 heavy (non-hydrogen) atoms. The van der Waals surface area contributed by atoms with Crippen molar-refractivity contribution in [2.24, 2.45) is 0 Å². The molecule has 1 aromatic rings. The molecule has 0 aromatic heterocycles. The molecule has 0 unspecified atom stereocenters. The van der Waals surface area contributed by atoms with Gasteiger partial charge >= 0.3 is 0 Å². The third-order valence-electron chi connectivity index (χ3n) is 3.51. The van der Waals surface area contributed by atoms with E-state index < -0.39 is 0 Å². The summed E-state index contributed by atoms with van der Waals surface area (Å²) in [5.74, 6) is 0.360. The van der Waals surface area contributed by atoms with Crippen LogP contribution in [0.3, 0.4) is 0 Å². The number of benzene rings is 1. The predicted molar refractivity (Wildman–Crippen MR) is 67.9 cm³/mol. The molecule has 1 fully saturated rings. The van der Waals surface area contributed by atoms with Crippen molar-refractivity contribution in [3.05, 3.63) is 29.3 Å². The molecule has 0 heterocycles. The third kappa shape index (κ3) is 3.45. The van der Waals surface area contributed by atoms with Crippen molar-refractivity contribution in [1.29, 1.82) is 0 Å². The van der Waals surface area contributed by atoms with Gasteiger partial charge in [-0.1, -0.05) is 17.7 Å². The van der Waals surface area contributed by atoms with E-state index in [0.717, 1.165) is 31.2 Å². The van der Waals surface area contributed by atoms with Gasteiger partial charge in [0.1, 0.15) is 5.75 Å². The summed E-state index contributed by atoms with van der Waals surface area (Å²) >= 11 is 0. The first-order valence-corrected chi connectivity index (χ1v) is 6.35. The number of phenolic OH excluding ortho intramolecular Hbond substituents is 1. The van der Waals surface area contributed by atoms with Gasteiger partial charge < -0.3 is 15.5 Å². The Kier molecular flexibility index (Phi) is 4.02. The standard InChI is InChI=1S/C14H21NO2/c1-10-2-7-14(17)11(8-10)9-15-12-3-5-13(16)6-4-12/h2,7-8,12-13,15-17H,3-6,9H2,1H3. The number of aliphatic hydroxyl groups is 1. The molecule has 2 rings (SSSR count). The van der Waals surface area contributed by atoms with Gasteiger partial charge in [0.2, 0.25) is 0 Å². The van der Waals surface area contributed by atoms with Gasteiger partial charge in [-0.15, -0.1) is 0 Å². The Morgan fingerprint density at radius 1 is 1.24 bits per heavy atom. The summed E-state index contributed by atoms with van der Waals surface area (Å²) in [5.41, 5.74) is 2.12. The molecule has 3 heteroatoms. The highest BCUT2D eigenvalue weighted by Crippen LogP contribution is 2.21. The quantitative estimate of drug-likeness (QED) is 0.752. The molecule has 0 amide bonds. The Bertz CT molecular complexity index is 370. The zero-order valence-corrected chi connectivity index (χ0v) is 10.3. The normalized spacial score (nSPS) is 24.8. The molecule has 3 N–H and O–H groups in total. The van der Waals surface area contributed by atoms with E-state index in [0.29, 0.717) is 18.3 Å². The van der Waals surface area contributed by atoms with Gasteiger partial charge in [-0.25, -0.2) is 0 Å². The molecule has 1 aliphatic carbocycles. The van der Waals surface area contributed by atoms with Crippen molar-refractivity contribution in [2.75, 3.05) is 0 Å². The average Bonchev–Trinajstić information content (AvgIpc) is 2.32. The molecule has 1 saturated carbocycles. The predicted octanol–water partition coefficient (Wildman–Crippen LogP) is 2.09. The van der Waals surface area contributed by atoms with Crippen LogP contribution in [-0.4, -0.2) is 22.4 Å². The molecule has 94 valence electrons. The number of aliphatic hydroxyl groups excluding tert-OH is 1. The second-order valence-corrected chi connectivity index (χ2v) is 5.02. The van der Waals surface area contributed by atoms with Gasteiger partial charge in [0.25, 0.3) is 0 Å². The summed E-state index contributed by atoms with van der Waals surface area (Å²) in [6.07, 6.45) is 3.71. The number of aromatic hydroxyl groups is 1. The van der Waals surface area contributed by atoms with Crippen LogP contribution in [0.15, 0.2) is 18.2 Å². The monoisotopic (exact) mass is 235 g/mol. The van der Waals surface area contributed by atoms with Gasteiger partial charge in [0.15, 0.2) is 0 Å². The smallest absolute Gasteiger partial charge is 0.120 e. The second-order valence-electron chi connectivity index (χ2n) is 5.02. The molecule has 0 radical (unpaired) electrons. The fourth-order valence-electron chi connectivity index (χ4n) is 2.39. The first-order valence-electron chi connectivity index (χ1n) is 6.35. The van der Waals surface area contributed by atoms with E-state index in [4.69, 9.17) is 0 Å². The maximum absolute atomic E-state index is 9.73. The second kappa shape index (κ2) is 5.52. The highest BCUT2D eigenvalue weighted by Gasteiger charge is 2.18. The lowest BCUT2D eigenvalue weighted by Crippen LogP contribution is -2.34. The van der Waals surface area contributed by atoms with Crippen LogP contribution in [0.5, 0.6) is 5.75 Å². The lowest BCUT2D eigenvalue weighted by Gasteiger charge is -2.26. The number of hydrogen-bond acceptors (Lipinski definition) is 3. The van der Waals surface area contributed by atoms with E-state index >= 15 is 0 Å². The van der Waals surface area contributed by atoms with Crippen LogP contribution in [0.4, 0.5) is 0 Å². The van der Waals surface area contributed by atoms with Gasteiger partial charge in [0.05, 0.1) is 6.10 Å².